The summed E-state index contributed by atoms with van der Waals surface area (Å²) < 4.78 is 2.78. The molecule has 2 amide bonds. The monoisotopic (exact) mass is 426 g/mol. The van der Waals surface area contributed by atoms with E-state index in [4.69, 9.17) is 47.0 Å². The lowest BCUT2D eigenvalue weighted by Crippen LogP contribution is -2.57. The average Bonchev–Trinajstić information content (AvgIpc) is 2.53. The number of halogens is 3. The van der Waals surface area contributed by atoms with Gasteiger partial charge in [0.05, 0.1) is 12.7 Å². The molecule has 0 bridgehead atoms. The topological polar surface area (TPSA) is 82.7 Å². The Morgan fingerprint density at radius 2 is 1.72 bits per heavy atom. The predicted octanol–water partition coefficient (Wildman–Crippen LogP) is 2.73. The second kappa shape index (κ2) is 9.28. The highest BCUT2D eigenvalue weighted by Gasteiger charge is 2.35. The molecule has 0 aliphatic rings. The SMILES string of the molecule is COC(=O)c1ccc(NC(=S)N[C@H](NC(=O)N(C)C)C(Cl)(Cl)Cl)cc1. The predicted molar refractivity (Wildman–Crippen MR) is 103 cm³/mol. The molecule has 1 aromatic carbocycles. The summed E-state index contributed by atoms with van der Waals surface area (Å²) in [7, 11) is 4.39. The molecule has 0 aliphatic carbocycles. The van der Waals surface area contributed by atoms with E-state index in [-0.39, 0.29) is 5.11 Å². The smallest absolute Gasteiger partial charge is 0.337 e. The van der Waals surface area contributed by atoms with Gasteiger partial charge in [-0.05, 0) is 36.5 Å². The summed E-state index contributed by atoms with van der Waals surface area (Å²) in [6.45, 7) is 0. The Hall–Kier alpha value is -1.48. The van der Waals surface area contributed by atoms with E-state index >= 15 is 0 Å². The normalized spacial score (nSPS) is 11.9. The molecule has 0 unspecified atom stereocenters. The highest BCUT2D eigenvalue weighted by Crippen LogP contribution is 2.29. The molecule has 0 aromatic heterocycles. The number of hydrogen-bond donors (Lipinski definition) is 3. The molecule has 138 valence electrons. The first-order valence-corrected chi connectivity index (χ1v) is 8.39. The van der Waals surface area contributed by atoms with E-state index in [2.05, 4.69) is 20.7 Å². The van der Waals surface area contributed by atoms with Crippen molar-refractivity contribution in [3.8, 4) is 0 Å². The molecule has 3 N–H and O–H groups in total. The van der Waals surface area contributed by atoms with Gasteiger partial charge in [0.25, 0.3) is 0 Å². The number of carbonyl (C=O) groups is 2. The quantitative estimate of drug-likeness (QED) is 0.297. The van der Waals surface area contributed by atoms with Crippen LogP contribution in [0.25, 0.3) is 0 Å². The lowest BCUT2D eigenvalue weighted by Gasteiger charge is -2.28. The van der Waals surface area contributed by atoms with Gasteiger partial charge in [0.1, 0.15) is 0 Å². The minimum absolute atomic E-state index is 0.112. The molecule has 25 heavy (non-hydrogen) atoms. The van der Waals surface area contributed by atoms with Crippen LogP contribution in [0.3, 0.4) is 0 Å². The molecule has 0 radical (unpaired) electrons. The van der Waals surface area contributed by atoms with Crippen molar-refractivity contribution >= 4 is 69.8 Å². The van der Waals surface area contributed by atoms with Crippen LogP contribution >= 0.6 is 47.0 Å². The molecule has 0 saturated heterocycles. The van der Waals surface area contributed by atoms with Crippen LogP contribution in [0.4, 0.5) is 10.5 Å². The summed E-state index contributed by atoms with van der Waals surface area (Å²) in [4.78, 5) is 24.4. The summed E-state index contributed by atoms with van der Waals surface area (Å²) in [6, 6.07) is 5.93. The number of thiocarbonyl (C=S) groups is 1. The number of hydrogen-bond acceptors (Lipinski definition) is 4. The van der Waals surface area contributed by atoms with Crippen molar-refractivity contribution in [2.45, 2.75) is 9.96 Å². The zero-order valence-electron chi connectivity index (χ0n) is 13.6. The van der Waals surface area contributed by atoms with Gasteiger partial charge in [-0.1, -0.05) is 34.8 Å². The molecule has 0 spiro atoms. The lowest BCUT2D eigenvalue weighted by atomic mass is 10.2. The van der Waals surface area contributed by atoms with Crippen LogP contribution in [0.2, 0.25) is 0 Å². The summed E-state index contributed by atoms with van der Waals surface area (Å²) in [6.07, 6.45) is -1.07. The number of ether oxygens (including phenoxy) is 1. The van der Waals surface area contributed by atoms with Crippen molar-refractivity contribution in [2.24, 2.45) is 0 Å². The van der Waals surface area contributed by atoms with Crippen LogP contribution in [-0.2, 0) is 4.74 Å². The van der Waals surface area contributed by atoms with Crippen molar-refractivity contribution in [2.75, 3.05) is 26.5 Å². The highest BCUT2D eigenvalue weighted by molar-refractivity contribution is 7.80. The van der Waals surface area contributed by atoms with Crippen LogP contribution in [0.15, 0.2) is 24.3 Å². The summed E-state index contributed by atoms with van der Waals surface area (Å²) in [5.74, 6) is -0.449. The van der Waals surface area contributed by atoms with Gasteiger partial charge < -0.3 is 25.6 Å². The van der Waals surface area contributed by atoms with Gasteiger partial charge in [0.15, 0.2) is 11.3 Å². The summed E-state index contributed by atoms with van der Waals surface area (Å²) >= 11 is 22.7. The Morgan fingerprint density at radius 1 is 1.16 bits per heavy atom. The van der Waals surface area contributed by atoms with Gasteiger partial charge in [0.2, 0.25) is 3.79 Å². The standard InChI is InChI=1S/C14H17Cl3N4O3S/c1-21(2)13(23)20-11(14(15,16)17)19-12(25)18-9-6-4-8(5-7-9)10(22)24-3/h4-7,11H,1-3H3,(H,20,23)(H2,18,19,25)/t11-/m1/s1. The highest BCUT2D eigenvalue weighted by atomic mass is 35.6. The van der Waals surface area contributed by atoms with Gasteiger partial charge in [-0.25, -0.2) is 9.59 Å². The summed E-state index contributed by atoms with van der Waals surface area (Å²) in [5.41, 5.74) is 0.983. The van der Waals surface area contributed by atoms with Gasteiger partial charge in [0, 0.05) is 19.8 Å². The van der Waals surface area contributed by atoms with E-state index in [9.17, 15) is 9.59 Å². The van der Waals surface area contributed by atoms with Gasteiger partial charge >= 0.3 is 12.0 Å². The maximum Gasteiger partial charge on any atom is 0.337 e. The fourth-order valence-electron chi connectivity index (χ4n) is 1.56. The molecule has 1 atom stereocenters. The van der Waals surface area contributed by atoms with E-state index in [1.807, 2.05) is 0 Å². The first-order chi connectivity index (χ1) is 11.5. The zero-order valence-corrected chi connectivity index (χ0v) is 16.7. The molecule has 0 fully saturated rings. The van der Waals surface area contributed by atoms with Crippen LogP contribution in [-0.4, -0.2) is 53.2 Å². The van der Waals surface area contributed by atoms with E-state index in [0.29, 0.717) is 11.3 Å². The Bertz CT molecular complexity index is 635. The minimum Gasteiger partial charge on any atom is -0.465 e. The van der Waals surface area contributed by atoms with Crippen molar-refractivity contribution in [3.63, 3.8) is 0 Å². The second-order valence-electron chi connectivity index (χ2n) is 4.99. The van der Waals surface area contributed by atoms with E-state index < -0.39 is 22.0 Å². The van der Waals surface area contributed by atoms with Gasteiger partial charge in [-0.2, -0.15) is 0 Å². The van der Waals surface area contributed by atoms with Crippen molar-refractivity contribution in [3.05, 3.63) is 29.8 Å². The zero-order chi connectivity index (χ0) is 19.2. The fraction of sp³-hybridized carbons (Fsp3) is 0.357. The molecule has 0 aliphatic heterocycles. The number of nitrogens with one attached hydrogen (secondary N) is 3. The van der Waals surface area contributed by atoms with E-state index in [1.165, 1.54) is 12.0 Å². The number of alkyl halides is 3. The number of urea groups is 1. The number of methoxy groups -OCH3 is 1. The van der Waals surface area contributed by atoms with Crippen molar-refractivity contribution in [1.82, 2.24) is 15.5 Å². The molecule has 1 rings (SSSR count). The number of anilines is 1. The van der Waals surface area contributed by atoms with Crippen LogP contribution in [0.1, 0.15) is 10.4 Å². The number of nitrogens with zero attached hydrogens (tertiary/aromatic N) is 1. The van der Waals surface area contributed by atoms with Gasteiger partial charge in [-0.15, -0.1) is 0 Å². The number of esters is 1. The largest absolute Gasteiger partial charge is 0.465 e. The number of rotatable bonds is 4. The molecular formula is C14H17Cl3N4O3S. The molecule has 11 heteroatoms. The van der Waals surface area contributed by atoms with Crippen LogP contribution in [0, 0.1) is 0 Å². The third kappa shape index (κ3) is 7.11. The second-order valence-corrected chi connectivity index (χ2v) is 7.76. The average molecular weight is 428 g/mol. The van der Waals surface area contributed by atoms with Crippen LogP contribution < -0.4 is 16.0 Å². The Balaban J connectivity index is 2.74. The Labute approximate surface area is 165 Å². The van der Waals surface area contributed by atoms with Crippen molar-refractivity contribution < 1.29 is 14.3 Å². The summed E-state index contributed by atoms with van der Waals surface area (Å²) in [5, 5.41) is 8.18. The van der Waals surface area contributed by atoms with E-state index in [1.54, 1.807) is 38.4 Å². The Kier molecular flexibility index (Phi) is 8.01. The third-order valence-corrected chi connectivity index (χ3v) is 3.72. The molecule has 0 heterocycles. The Morgan fingerprint density at radius 3 is 2.16 bits per heavy atom. The third-order valence-electron chi connectivity index (χ3n) is 2.84. The lowest BCUT2D eigenvalue weighted by molar-refractivity contribution is 0.0600. The van der Waals surface area contributed by atoms with Crippen molar-refractivity contribution in [1.29, 1.82) is 0 Å². The van der Waals surface area contributed by atoms with E-state index in [0.717, 1.165) is 0 Å². The maximum atomic E-state index is 11.8. The van der Waals surface area contributed by atoms with Gasteiger partial charge in [-0.3, -0.25) is 0 Å². The maximum absolute atomic E-state index is 11.8. The van der Waals surface area contributed by atoms with Crippen LogP contribution in [0.5, 0.6) is 0 Å². The number of carbonyl (C=O) groups excluding carboxylic acids is 2. The minimum atomic E-state index is -1.84. The number of benzene rings is 1. The molecule has 1 aromatic rings. The molecule has 0 saturated carbocycles. The molecule has 7 nitrogen and oxygen atoms in total. The number of amides is 2. The fourth-order valence-corrected chi connectivity index (χ4v) is 2.12. The first-order valence-electron chi connectivity index (χ1n) is 6.85. The molecular weight excluding hydrogens is 411 g/mol. The first kappa shape index (κ1) is 21.6.